The molecule has 1 N–H and O–H groups in total. The summed E-state index contributed by atoms with van der Waals surface area (Å²) in [7, 11) is 0. The molecule has 0 spiro atoms. The van der Waals surface area contributed by atoms with E-state index >= 15 is 0 Å². The molecule has 6 nitrogen and oxygen atoms in total. The van der Waals surface area contributed by atoms with Crippen LogP contribution in [0.4, 0.5) is 0 Å². The number of nitrogens with one attached hydrogen (secondary N) is 1. The predicted octanol–water partition coefficient (Wildman–Crippen LogP) is 2.92. The van der Waals surface area contributed by atoms with Crippen molar-refractivity contribution < 1.29 is 14.3 Å². The molecule has 1 aliphatic rings. The largest absolute Gasteiger partial charge is 0.475 e. The Labute approximate surface area is 159 Å². The average Bonchev–Trinajstić information content (AvgIpc) is 3.06. The molecule has 0 radical (unpaired) electrons. The molecule has 2 heterocycles. The van der Waals surface area contributed by atoms with E-state index in [1.807, 2.05) is 36.9 Å². The Hall–Kier alpha value is -2.89. The Balaban J connectivity index is 1.51. The van der Waals surface area contributed by atoms with E-state index in [0.29, 0.717) is 31.0 Å². The summed E-state index contributed by atoms with van der Waals surface area (Å²) in [5.74, 6) is 0.642. The van der Waals surface area contributed by atoms with Gasteiger partial charge in [0.05, 0.1) is 6.10 Å². The molecule has 3 rings (SSSR count). The van der Waals surface area contributed by atoms with Crippen molar-refractivity contribution in [1.82, 2.24) is 15.2 Å². The number of amides is 2. The molecule has 142 valence electrons. The minimum atomic E-state index is -0.138. The third-order valence-corrected chi connectivity index (χ3v) is 4.37. The number of rotatable bonds is 7. The summed E-state index contributed by atoms with van der Waals surface area (Å²) in [6.45, 7) is 5.72. The van der Waals surface area contributed by atoms with E-state index in [1.54, 1.807) is 24.4 Å². The van der Waals surface area contributed by atoms with Gasteiger partial charge < -0.3 is 15.0 Å². The SMILES string of the molecule is CC(C)Oc1ccc(CNC(=O)c2ccc(CN3CCCC3=O)cc2)cn1. The van der Waals surface area contributed by atoms with E-state index in [2.05, 4.69) is 10.3 Å². The molecule has 0 atom stereocenters. The topological polar surface area (TPSA) is 71.5 Å². The summed E-state index contributed by atoms with van der Waals surface area (Å²) in [4.78, 5) is 30.1. The fraction of sp³-hybridized carbons (Fsp3) is 0.381. The van der Waals surface area contributed by atoms with Crippen molar-refractivity contribution in [3.8, 4) is 5.88 Å². The highest BCUT2D eigenvalue weighted by Crippen LogP contribution is 2.15. The van der Waals surface area contributed by atoms with Crippen molar-refractivity contribution in [3.05, 3.63) is 59.3 Å². The van der Waals surface area contributed by atoms with Gasteiger partial charge in [-0.1, -0.05) is 18.2 Å². The van der Waals surface area contributed by atoms with Gasteiger partial charge in [0, 0.05) is 43.9 Å². The number of likely N-dealkylation sites (tertiary alicyclic amines) is 1. The molecule has 6 heteroatoms. The van der Waals surface area contributed by atoms with Gasteiger partial charge in [-0.25, -0.2) is 4.98 Å². The van der Waals surface area contributed by atoms with Gasteiger partial charge in [0.25, 0.3) is 5.91 Å². The maximum absolute atomic E-state index is 12.3. The van der Waals surface area contributed by atoms with Crippen LogP contribution in [0.25, 0.3) is 0 Å². The van der Waals surface area contributed by atoms with Gasteiger partial charge >= 0.3 is 0 Å². The number of carbonyl (C=O) groups is 2. The molecular formula is C21H25N3O3. The van der Waals surface area contributed by atoms with Gasteiger partial charge in [-0.2, -0.15) is 0 Å². The standard InChI is InChI=1S/C21H25N3O3/c1-15(2)27-19-10-7-17(12-22-19)13-23-21(26)18-8-5-16(6-9-18)14-24-11-3-4-20(24)25/h5-10,12,15H,3-4,11,13-14H2,1-2H3,(H,23,26). The molecule has 1 saturated heterocycles. The molecular weight excluding hydrogens is 342 g/mol. The molecule has 1 fully saturated rings. The van der Waals surface area contributed by atoms with Crippen LogP contribution in [0.1, 0.15) is 48.2 Å². The second kappa shape index (κ2) is 8.66. The smallest absolute Gasteiger partial charge is 0.251 e. The number of carbonyl (C=O) groups excluding carboxylic acids is 2. The Morgan fingerprint density at radius 2 is 1.93 bits per heavy atom. The lowest BCUT2D eigenvalue weighted by atomic mass is 10.1. The number of nitrogens with zero attached hydrogens (tertiary/aromatic N) is 2. The van der Waals surface area contributed by atoms with Crippen molar-refractivity contribution in [1.29, 1.82) is 0 Å². The van der Waals surface area contributed by atoms with Crippen molar-refractivity contribution >= 4 is 11.8 Å². The number of aromatic nitrogens is 1. The molecule has 0 saturated carbocycles. The van der Waals surface area contributed by atoms with Crippen molar-refractivity contribution in [2.75, 3.05) is 6.54 Å². The Bertz CT molecular complexity index is 785. The van der Waals surface area contributed by atoms with E-state index in [9.17, 15) is 9.59 Å². The van der Waals surface area contributed by atoms with Gasteiger partial charge in [0.15, 0.2) is 0 Å². The highest BCUT2D eigenvalue weighted by atomic mass is 16.5. The van der Waals surface area contributed by atoms with Crippen LogP contribution in [0.5, 0.6) is 5.88 Å². The lowest BCUT2D eigenvalue weighted by Crippen LogP contribution is -2.24. The molecule has 27 heavy (non-hydrogen) atoms. The van der Waals surface area contributed by atoms with Crippen LogP contribution in [0.2, 0.25) is 0 Å². The first kappa shape index (κ1) is 18.9. The van der Waals surface area contributed by atoms with Crippen LogP contribution >= 0.6 is 0 Å². The third kappa shape index (κ3) is 5.29. The quantitative estimate of drug-likeness (QED) is 0.817. The number of ether oxygens (including phenoxy) is 1. The maximum Gasteiger partial charge on any atom is 0.251 e. The molecule has 0 aliphatic carbocycles. The summed E-state index contributed by atoms with van der Waals surface area (Å²) in [5, 5.41) is 2.89. The van der Waals surface area contributed by atoms with E-state index in [-0.39, 0.29) is 17.9 Å². The van der Waals surface area contributed by atoms with Gasteiger partial charge in [0.1, 0.15) is 0 Å². The lowest BCUT2D eigenvalue weighted by Gasteiger charge is -2.15. The maximum atomic E-state index is 12.3. The zero-order chi connectivity index (χ0) is 19.2. The first-order valence-electron chi connectivity index (χ1n) is 9.28. The summed E-state index contributed by atoms with van der Waals surface area (Å²) >= 11 is 0. The predicted molar refractivity (Wildman–Crippen MR) is 102 cm³/mol. The van der Waals surface area contributed by atoms with Crippen LogP contribution in [-0.2, 0) is 17.9 Å². The first-order valence-corrected chi connectivity index (χ1v) is 9.28. The zero-order valence-corrected chi connectivity index (χ0v) is 15.8. The summed E-state index contributed by atoms with van der Waals surface area (Å²) in [5.41, 5.74) is 2.54. The van der Waals surface area contributed by atoms with Crippen molar-refractivity contribution in [2.45, 2.75) is 45.9 Å². The molecule has 2 aromatic rings. The molecule has 1 aromatic carbocycles. The van der Waals surface area contributed by atoms with E-state index in [4.69, 9.17) is 4.74 Å². The second-order valence-corrected chi connectivity index (χ2v) is 6.97. The number of benzene rings is 1. The van der Waals surface area contributed by atoms with Crippen molar-refractivity contribution in [2.24, 2.45) is 0 Å². The van der Waals surface area contributed by atoms with Gasteiger partial charge in [0.2, 0.25) is 11.8 Å². The van der Waals surface area contributed by atoms with E-state index < -0.39 is 0 Å². The molecule has 1 aliphatic heterocycles. The van der Waals surface area contributed by atoms with Gasteiger partial charge in [-0.15, -0.1) is 0 Å². The Morgan fingerprint density at radius 1 is 1.19 bits per heavy atom. The normalized spacial score (nSPS) is 13.9. The summed E-state index contributed by atoms with van der Waals surface area (Å²) in [6, 6.07) is 11.1. The van der Waals surface area contributed by atoms with Gasteiger partial charge in [-0.3, -0.25) is 9.59 Å². The van der Waals surface area contributed by atoms with E-state index in [1.165, 1.54) is 0 Å². The third-order valence-electron chi connectivity index (χ3n) is 4.37. The molecule has 2 amide bonds. The molecule has 0 bridgehead atoms. The van der Waals surface area contributed by atoms with Crippen LogP contribution < -0.4 is 10.1 Å². The average molecular weight is 367 g/mol. The van der Waals surface area contributed by atoms with Crippen LogP contribution in [0.15, 0.2) is 42.6 Å². The second-order valence-electron chi connectivity index (χ2n) is 6.97. The minimum Gasteiger partial charge on any atom is -0.475 e. The summed E-state index contributed by atoms with van der Waals surface area (Å²) < 4.78 is 5.51. The Kier molecular flexibility index (Phi) is 6.06. The zero-order valence-electron chi connectivity index (χ0n) is 15.8. The first-order chi connectivity index (χ1) is 13.0. The highest BCUT2D eigenvalue weighted by Gasteiger charge is 2.19. The number of pyridine rings is 1. The Morgan fingerprint density at radius 3 is 2.52 bits per heavy atom. The van der Waals surface area contributed by atoms with Crippen LogP contribution in [0, 0.1) is 0 Å². The monoisotopic (exact) mass is 367 g/mol. The minimum absolute atomic E-state index is 0.0783. The van der Waals surface area contributed by atoms with E-state index in [0.717, 1.165) is 24.1 Å². The molecule has 0 unspecified atom stereocenters. The number of hydrogen-bond acceptors (Lipinski definition) is 4. The fourth-order valence-electron chi connectivity index (χ4n) is 2.96. The lowest BCUT2D eigenvalue weighted by molar-refractivity contribution is -0.128. The molecule has 1 aromatic heterocycles. The van der Waals surface area contributed by atoms with Gasteiger partial charge in [-0.05, 0) is 43.5 Å². The van der Waals surface area contributed by atoms with Crippen LogP contribution in [-0.4, -0.2) is 34.3 Å². The van der Waals surface area contributed by atoms with Crippen LogP contribution in [0.3, 0.4) is 0 Å². The number of hydrogen-bond donors (Lipinski definition) is 1. The summed E-state index contributed by atoms with van der Waals surface area (Å²) in [6.07, 6.45) is 3.35. The van der Waals surface area contributed by atoms with Crippen molar-refractivity contribution in [3.63, 3.8) is 0 Å². The highest BCUT2D eigenvalue weighted by molar-refractivity contribution is 5.94. The fourth-order valence-corrected chi connectivity index (χ4v) is 2.96.